The molecule has 8 heteroatoms. The monoisotopic (exact) mass is 408 g/mol. The number of nitrogens with zero attached hydrogens (tertiary/aromatic N) is 3. The van der Waals surface area contributed by atoms with Gasteiger partial charge in [0.2, 0.25) is 5.88 Å². The molecule has 1 aliphatic heterocycles. The molecular weight excluding hydrogens is 390 g/mol. The minimum absolute atomic E-state index is 0.0505. The lowest BCUT2D eigenvalue weighted by Crippen LogP contribution is -2.55. The smallest absolute Gasteiger partial charge is 0.287 e. The molecule has 1 saturated heterocycles. The molecule has 6 nitrogen and oxygen atoms in total. The molecule has 2 aromatic heterocycles. The van der Waals surface area contributed by atoms with Crippen LogP contribution < -0.4 is 4.74 Å². The fourth-order valence-electron chi connectivity index (χ4n) is 3.76. The molecule has 1 N–H and O–H groups in total. The van der Waals surface area contributed by atoms with Gasteiger partial charge in [0.1, 0.15) is 0 Å². The molecule has 0 aliphatic carbocycles. The van der Waals surface area contributed by atoms with Crippen molar-refractivity contribution in [3.63, 3.8) is 0 Å². The predicted octanol–water partition coefficient (Wildman–Crippen LogP) is 4.04. The third kappa shape index (κ3) is 3.24. The Hall–Kier alpha value is -3.55. The van der Waals surface area contributed by atoms with E-state index in [4.69, 9.17) is 4.74 Å². The van der Waals surface area contributed by atoms with E-state index in [0.29, 0.717) is 16.5 Å². The van der Waals surface area contributed by atoms with Gasteiger partial charge in [0.15, 0.2) is 6.10 Å². The van der Waals surface area contributed by atoms with Gasteiger partial charge in [-0.25, -0.2) is 13.8 Å². The molecule has 4 aromatic rings. The van der Waals surface area contributed by atoms with Gasteiger partial charge in [0.25, 0.3) is 11.8 Å². The zero-order chi connectivity index (χ0) is 20.7. The number of nitrogens with one attached hydrogen (secondary N) is 1. The number of aromatic nitrogens is 3. The number of pyridine rings is 1. The molecule has 2 aromatic carbocycles. The summed E-state index contributed by atoms with van der Waals surface area (Å²) < 4.78 is 34.8. The molecule has 152 valence electrons. The molecule has 1 aliphatic rings. The van der Waals surface area contributed by atoms with Crippen LogP contribution >= 0.6 is 0 Å². The van der Waals surface area contributed by atoms with Gasteiger partial charge in [-0.05, 0) is 24.3 Å². The van der Waals surface area contributed by atoms with Crippen LogP contribution in [0.5, 0.6) is 5.88 Å². The van der Waals surface area contributed by atoms with Crippen molar-refractivity contribution in [3.8, 4) is 5.88 Å². The Morgan fingerprint density at radius 1 is 1.13 bits per heavy atom. The number of rotatable bonds is 3. The number of ether oxygens (including phenoxy) is 1. The lowest BCUT2D eigenvalue weighted by atomic mass is 10.0. The molecule has 1 atom stereocenters. The van der Waals surface area contributed by atoms with Crippen LogP contribution in [0.4, 0.5) is 8.78 Å². The molecular formula is C22H18F2N4O2. The van der Waals surface area contributed by atoms with Crippen LogP contribution in [0.15, 0.2) is 60.8 Å². The number of aromatic amines is 1. The summed E-state index contributed by atoms with van der Waals surface area (Å²) in [7, 11) is 0. The highest BCUT2D eigenvalue weighted by molar-refractivity contribution is 6.06. The molecule has 0 bridgehead atoms. The van der Waals surface area contributed by atoms with Crippen molar-refractivity contribution in [3.05, 3.63) is 66.4 Å². The fourth-order valence-corrected chi connectivity index (χ4v) is 3.76. The van der Waals surface area contributed by atoms with E-state index in [1.807, 2.05) is 18.2 Å². The molecule has 1 amide bonds. The third-order valence-electron chi connectivity index (χ3n) is 5.41. The van der Waals surface area contributed by atoms with E-state index in [0.717, 1.165) is 10.9 Å². The van der Waals surface area contributed by atoms with E-state index < -0.39 is 18.4 Å². The highest BCUT2D eigenvalue weighted by Gasteiger charge is 2.47. The first-order valence-corrected chi connectivity index (χ1v) is 9.63. The van der Waals surface area contributed by atoms with Gasteiger partial charge in [-0.2, -0.15) is 5.10 Å². The number of hydrogen-bond acceptors (Lipinski definition) is 4. The summed E-state index contributed by atoms with van der Waals surface area (Å²) in [6.45, 7) is -0.278. The average molecular weight is 408 g/mol. The Morgan fingerprint density at radius 3 is 2.90 bits per heavy atom. The van der Waals surface area contributed by atoms with Gasteiger partial charge in [0.05, 0.1) is 29.3 Å². The van der Waals surface area contributed by atoms with Crippen molar-refractivity contribution < 1.29 is 18.3 Å². The fraction of sp³-hybridized carbons (Fsp3) is 0.227. The molecule has 30 heavy (non-hydrogen) atoms. The second kappa shape index (κ2) is 7.05. The molecule has 1 fully saturated rings. The maximum absolute atomic E-state index is 14.6. The number of alkyl halides is 2. The van der Waals surface area contributed by atoms with Crippen molar-refractivity contribution in [2.45, 2.75) is 18.4 Å². The summed E-state index contributed by atoms with van der Waals surface area (Å²) in [6, 6.07) is 16.0. The minimum atomic E-state index is -3.06. The van der Waals surface area contributed by atoms with Gasteiger partial charge >= 0.3 is 0 Å². The number of para-hydroxylation sites is 1. The molecule has 1 unspecified atom stereocenters. The van der Waals surface area contributed by atoms with Crippen LogP contribution in [0.1, 0.15) is 16.8 Å². The standard InChI is InChI=1S/C22H18F2N4O2/c23-22(24)10-11-28(21(29)15-5-3-7-18-16(15)12-25-27-18)13-19(22)30-20-9-8-14-4-1-2-6-17(14)26-20/h1-9,12,19H,10-11,13H2,(H,25,27). The van der Waals surface area contributed by atoms with Crippen LogP contribution in [0.25, 0.3) is 21.8 Å². The summed E-state index contributed by atoms with van der Waals surface area (Å²) in [5.41, 5.74) is 1.80. The maximum atomic E-state index is 14.6. The third-order valence-corrected chi connectivity index (χ3v) is 5.41. The zero-order valence-electron chi connectivity index (χ0n) is 15.9. The van der Waals surface area contributed by atoms with Gasteiger partial charge in [-0.15, -0.1) is 0 Å². The summed E-state index contributed by atoms with van der Waals surface area (Å²) in [5, 5.41) is 8.33. The number of carbonyl (C=O) groups excluding carboxylic acids is 1. The molecule has 0 saturated carbocycles. The number of piperidine rings is 1. The van der Waals surface area contributed by atoms with Gasteiger partial charge in [0, 0.05) is 29.8 Å². The number of amides is 1. The van der Waals surface area contributed by atoms with E-state index in [1.165, 1.54) is 4.90 Å². The largest absolute Gasteiger partial charge is 0.466 e. The summed E-state index contributed by atoms with van der Waals surface area (Å²) in [5.74, 6) is -3.27. The van der Waals surface area contributed by atoms with Gasteiger partial charge in [-0.1, -0.05) is 24.3 Å². The first-order chi connectivity index (χ1) is 14.5. The molecule has 5 rings (SSSR count). The second-order valence-corrected chi connectivity index (χ2v) is 7.35. The van der Waals surface area contributed by atoms with Gasteiger partial charge in [-0.3, -0.25) is 9.89 Å². The van der Waals surface area contributed by atoms with Crippen LogP contribution in [0.3, 0.4) is 0 Å². The molecule has 0 spiro atoms. The van der Waals surface area contributed by atoms with E-state index in [9.17, 15) is 13.6 Å². The number of benzene rings is 2. The number of carbonyl (C=O) groups is 1. The lowest BCUT2D eigenvalue weighted by molar-refractivity contribution is -0.131. The number of fused-ring (bicyclic) bond motifs is 2. The topological polar surface area (TPSA) is 71.1 Å². The Morgan fingerprint density at radius 2 is 2.00 bits per heavy atom. The summed E-state index contributed by atoms with van der Waals surface area (Å²) >= 11 is 0. The maximum Gasteiger partial charge on any atom is 0.287 e. The van der Waals surface area contributed by atoms with E-state index in [-0.39, 0.29) is 24.9 Å². The van der Waals surface area contributed by atoms with Crippen LogP contribution in [0, 0.1) is 0 Å². The number of H-pyrrole nitrogens is 1. The van der Waals surface area contributed by atoms with Crippen molar-refractivity contribution in [2.24, 2.45) is 0 Å². The first-order valence-electron chi connectivity index (χ1n) is 9.63. The Balaban J connectivity index is 1.40. The first kappa shape index (κ1) is 18.5. The van der Waals surface area contributed by atoms with Crippen molar-refractivity contribution in [1.82, 2.24) is 20.1 Å². The van der Waals surface area contributed by atoms with E-state index in [1.54, 1.807) is 42.6 Å². The molecule has 3 heterocycles. The normalized spacial score (nSPS) is 18.6. The quantitative estimate of drug-likeness (QED) is 0.555. The second-order valence-electron chi connectivity index (χ2n) is 7.35. The highest BCUT2D eigenvalue weighted by atomic mass is 19.3. The minimum Gasteiger partial charge on any atom is -0.466 e. The Kier molecular flexibility index (Phi) is 4.34. The van der Waals surface area contributed by atoms with Crippen molar-refractivity contribution in [1.29, 1.82) is 0 Å². The highest BCUT2D eigenvalue weighted by Crippen LogP contribution is 2.33. The number of hydrogen-bond donors (Lipinski definition) is 1. The number of likely N-dealkylation sites (tertiary alicyclic amines) is 1. The Labute approximate surface area is 170 Å². The Bertz CT molecular complexity index is 1240. The van der Waals surface area contributed by atoms with Crippen molar-refractivity contribution >= 4 is 27.7 Å². The lowest BCUT2D eigenvalue weighted by Gasteiger charge is -2.38. The van der Waals surface area contributed by atoms with Gasteiger partial charge < -0.3 is 9.64 Å². The van der Waals surface area contributed by atoms with Crippen LogP contribution in [0.2, 0.25) is 0 Å². The molecule has 0 radical (unpaired) electrons. The average Bonchev–Trinajstić information content (AvgIpc) is 3.23. The zero-order valence-corrected chi connectivity index (χ0v) is 15.9. The van der Waals surface area contributed by atoms with Crippen LogP contribution in [-0.2, 0) is 0 Å². The predicted molar refractivity (Wildman–Crippen MR) is 108 cm³/mol. The van der Waals surface area contributed by atoms with Crippen molar-refractivity contribution in [2.75, 3.05) is 13.1 Å². The van der Waals surface area contributed by atoms with E-state index >= 15 is 0 Å². The number of halogens is 2. The SMILES string of the molecule is O=C(c1cccc2[nH]ncc12)N1CCC(F)(F)C(Oc2ccc3ccccc3n2)C1. The summed E-state index contributed by atoms with van der Waals surface area (Å²) in [4.78, 5) is 18.8. The van der Waals surface area contributed by atoms with Crippen LogP contribution in [-0.4, -0.2) is 51.1 Å². The van der Waals surface area contributed by atoms with E-state index in [2.05, 4.69) is 15.2 Å². The summed E-state index contributed by atoms with van der Waals surface area (Å²) in [6.07, 6.45) is -0.390.